The number of benzene rings is 1. The third kappa shape index (κ3) is 1.45. The minimum Gasteiger partial charge on any atom is -0.359 e. The smallest absolute Gasteiger partial charge is 0.0459 e. The van der Waals surface area contributed by atoms with Crippen molar-refractivity contribution in [1.82, 2.24) is 10.3 Å². The highest BCUT2D eigenvalue weighted by Crippen LogP contribution is 2.19. The van der Waals surface area contributed by atoms with Gasteiger partial charge in [-0.05, 0) is 31.7 Å². The van der Waals surface area contributed by atoms with Crippen molar-refractivity contribution in [3.8, 4) is 0 Å². The van der Waals surface area contributed by atoms with Crippen molar-refractivity contribution in [2.45, 2.75) is 13.5 Å². The molecule has 1 aromatic heterocycles. The molecule has 2 heteroatoms. The molecule has 0 aliphatic carbocycles. The summed E-state index contributed by atoms with van der Waals surface area (Å²) in [5.41, 5.74) is 3.80. The monoisotopic (exact) mass is 174 g/mol. The quantitative estimate of drug-likeness (QED) is 0.717. The minimum atomic E-state index is 0.925. The number of hydrogen-bond donors (Lipinski definition) is 2. The van der Waals surface area contributed by atoms with Gasteiger partial charge in [-0.3, -0.25) is 0 Å². The Morgan fingerprint density at radius 1 is 1.38 bits per heavy atom. The Morgan fingerprint density at radius 3 is 3.00 bits per heavy atom. The summed E-state index contributed by atoms with van der Waals surface area (Å²) in [6.45, 7) is 3.01. The first-order valence-electron chi connectivity index (χ1n) is 4.53. The van der Waals surface area contributed by atoms with Crippen LogP contribution in [0.15, 0.2) is 24.3 Å². The van der Waals surface area contributed by atoms with Crippen LogP contribution in [0.1, 0.15) is 11.3 Å². The van der Waals surface area contributed by atoms with Gasteiger partial charge in [-0.2, -0.15) is 0 Å². The molecule has 0 saturated heterocycles. The molecule has 2 rings (SSSR count). The molecule has 0 aliphatic heterocycles. The van der Waals surface area contributed by atoms with E-state index in [0.29, 0.717) is 0 Å². The van der Waals surface area contributed by atoms with Gasteiger partial charge in [0.05, 0.1) is 0 Å². The summed E-state index contributed by atoms with van der Waals surface area (Å²) in [5, 5.41) is 4.50. The van der Waals surface area contributed by atoms with Crippen LogP contribution in [-0.2, 0) is 6.54 Å². The number of aromatic nitrogens is 1. The molecule has 68 valence electrons. The molecule has 0 spiro atoms. The van der Waals surface area contributed by atoms with Crippen LogP contribution >= 0.6 is 0 Å². The fourth-order valence-electron chi connectivity index (χ4n) is 1.70. The maximum absolute atomic E-state index is 3.33. The molecule has 1 heterocycles. The van der Waals surface area contributed by atoms with Crippen molar-refractivity contribution in [1.29, 1.82) is 0 Å². The van der Waals surface area contributed by atoms with Gasteiger partial charge in [0, 0.05) is 23.1 Å². The molecular formula is C11H14N2. The second-order valence-corrected chi connectivity index (χ2v) is 3.36. The van der Waals surface area contributed by atoms with E-state index in [9.17, 15) is 0 Å². The molecule has 0 fully saturated rings. The highest BCUT2D eigenvalue weighted by atomic mass is 14.8. The molecule has 13 heavy (non-hydrogen) atoms. The predicted octanol–water partition coefficient (Wildman–Crippen LogP) is 2.20. The number of nitrogens with one attached hydrogen (secondary N) is 2. The van der Waals surface area contributed by atoms with Crippen LogP contribution in [0.2, 0.25) is 0 Å². The predicted molar refractivity (Wildman–Crippen MR) is 55.8 cm³/mol. The molecule has 2 N–H and O–H groups in total. The standard InChI is InChI=1S/C11H14N2/c1-8-6-10-9(7-12-2)4-3-5-11(10)13-8/h3-6,12-13H,7H2,1-2H3. The van der Waals surface area contributed by atoms with Gasteiger partial charge in [0.15, 0.2) is 0 Å². The maximum Gasteiger partial charge on any atom is 0.0459 e. The maximum atomic E-state index is 3.33. The molecule has 2 aromatic rings. The van der Waals surface area contributed by atoms with Crippen LogP contribution in [0, 0.1) is 6.92 Å². The van der Waals surface area contributed by atoms with Gasteiger partial charge in [-0.15, -0.1) is 0 Å². The average Bonchev–Trinajstić information content (AvgIpc) is 2.47. The van der Waals surface area contributed by atoms with Crippen LogP contribution in [0.5, 0.6) is 0 Å². The van der Waals surface area contributed by atoms with Gasteiger partial charge >= 0.3 is 0 Å². The van der Waals surface area contributed by atoms with Gasteiger partial charge in [-0.25, -0.2) is 0 Å². The van der Waals surface area contributed by atoms with Crippen LogP contribution in [-0.4, -0.2) is 12.0 Å². The van der Waals surface area contributed by atoms with E-state index >= 15 is 0 Å². The summed E-state index contributed by atoms with van der Waals surface area (Å²) >= 11 is 0. The molecule has 0 aliphatic rings. The number of fused-ring (bicyclic) bond motifs is 1. The Balaban J connectivity index is 2.60. The zero-order valence-electron chi connectivity index (χ0n) is 8.02. The molecule has 0 amide bonds. The van der Waals surface area contributed by atoms with Crippen molar-refractivity contribution in [2.24, 2.45) is 0 Å². The Labute approximate surface area is 78.0 Å². The summed E-state index contributed by atoms with van der Waals surface area (Å²) in [6, 6.07) is 8.56. The van der Waals surface area contributed by atoms with Crippen molar-refractivity contribution in [3.05, 3.63) is 35.5 Å². The van der Waals surface area contributed by atoms with Gasteiger partial charge in [0.1, 0.15) is 0 Å². The van der Waals surface area contributed by atoms with Crippen molar-refractivity contribution >= 4 is 10.9 Å². The van der Waals surface area contributed by atoms with E-state index in [4.69, 9.17) is 0 Å². The zero-order valence-corrected chi connectivity index (χ0v) is 8.02. The van der Waals surface area contributed by atoms with E-state index in [1.165, 1.54) is 22.2 Å². The van der Waals surface area contributed by atoms with Crippen molar-refractivity contribution in [3.63, 3.8) is 0 Å². The van der Waals surface area contributed by atoms with Crippen LogP contribution < -0.4 is 5.32 Å². The summed E-state index contributed by atoms with van der Waals surface area (Å²) in [5.74, 6) is 0. The van der Waals surface area contributed by atoms with Crippen molar-refractivity contribution in [2.75, 3.05) is 7.05 Å². The van der Waals surface area contributed by atoms with E-state index < -0.39 is 0 Å². The Kier molecular flexibility index (Phi) is 2.07. The highest BCUT2D eigenvalue weighted by molar-refractivity contribution is 5.83. The molecule has 0 radical (unpaired) electrons. The van der Waals surface area contributed by atoms with Crippen LogP contribution in [0.4, 0.5) is 0 Å². The molecule has 0 saturated carbocycles. The summed E-state index contributed by atoms with van der Waals surface area (Å²) < 4.78 is 0. The van der Waals surface area contributed by atoms with Crippen molar-refractivity contribution < 1.29 is 0 Å². The third-order valence-electron chi connectivity index (χ3n) is 2.26. The largest absolute Gasteiger partial charge is 0.359 e. The topological polar surface area (TPSA) is 27.8 Å². The fraction of sp³-hybridized carbons (Fsp3) is 0.273. The lowest BCUT2D eigenvalue weighted by atomic mass is 10.1. The lowest BCUT2D eigenvalue weighted by Gasteiger charge is -2.00. The van der Waals surface area contributed by atoms with Gasteiger partial charge in [0.25, 0.3) is 0 Å². The second kappa shape index (κ2) is 3.23. The number of hydrogen-bond acceptors (Lipinski definition) is 1. The highest BCUT2D eigenvalue weighted by Gasteiger charge is 2.01. The third-order valence-corrected chi connectivity index (χ3v) is 2.26. The second-order valence-electron chi connectivity index (χ2n) is 3.36. The number of aromatic amines is 1. The van der Waals surface area contributed by atoms with Gasteiger partial charge in [0.2, 0.25) is 0 Å². The number of H-pyrrole nitrogens is 1. The van der Waals surface area contributed by atoms with E-state index in [1.54, 1.807) is 0 Å². The van der Waals surface area contributed by atoms with Crippen LogP contribution in [0.25, 0.3) is 10.9 Å². The lowest BCUT2D eigenvalue weighted by Crippen LogP contribution is -2.04. The summed E-state index contributed by atoms with van der Waals surface area (Å²) in [4.78, 5) is 3.33. The Hall–Kier alpha value is -1.28. The normalized spacial score (nSPS) is 10.9. The summed E-state index contributed by atoms with van der Waals surface area (Å²) in [7, 11) is 1.97. The average molecular weight is 174 g/mol. The van der Waals surface area contributed by atoms with Gasteiger partial charge in [-0.1, -0.05) is 12.1 Å². The first-order chi connectivity index (χ1) is 6.31. The Morgan fingerprint density at radius 2 is 2.23 bits per heavy atom. The van der Waals surface area contributed by atoms with E-state index in [2.05, 4.69) is 41.5 Å². The Bertz CT molecular complexity index is 415. The first-order valence-corrected chi connectivity index (χ1v) is 4.53. The minimum absolute atomic E-state index is 0.925. The van der Waals surface area contributed by atoms with E-state index in [1.807, 2.05) is 7.05 Å². The van der Waals surface area contributed by atoms with Gasteiger partial charge < -0.3 is 10.3 Å². The lowest BCUT2D eigenvalue weighted by molar-refractivity contribution is 0.824. The molecule has 0 bridgehead atoms. The molecule has 2 nitrogen and oxygen atoms in total. The van der Waals surface area contributed by atoms with Crippen LogP contribution in [0.3, 0.4) is 0 Å². The SMILES string of the molecule is CNCc1cccc2[nH]c(C)cc12. The first kappa shape index (κ1) is 8.32. The van der Waals surface area contributed by atoms with E-state index in [-0.39, 0.29) is 0 Å². The molecule has 0 atom stereocenters. The fourth-order valence-corrected chi connectivity index (χ4v) is 1.70. The molecule has 0 unspecified atom stereocenters. The number of rotatable bonds is 2. The summed E-state index contributed by atoms with van der Waals surface area (Å²) in [6.07, 6.45) is 0. The van der Waals surface area contributed by atoms with E-state index in [0.717, 1.165) is 6.54 Å². The molecular weight excluding hydrogens is 160 g/mol. The molecule has 1 aromatic carbocycles. The zero-order chi connectivity index (χ0) is 9.26. The number of aryl methyl sites for hydroxylation is 1.